The Morgan fingerprint density at radius 3 is 2.72 bits per heavy atom. The minimum atomic E-state index is 0.427. The van der Waals surface area contributed by atoms with E-state index in [1.54, 1.807) is 0 Å². The van der Waals surface area contributed by atoms with Crippen LogP contribution in [0.3, 0.4) is 0 Å². The Kier molecular flexibility index (Phi) is 5.42. The fraction of sp³-hybridized carbons (Fsp3) is 1.00. The number of nitrogens with zero attached hydrogens (tertiary/aromatic N) is 2. The molecular formula is C14H29N3O. The van der Waals surface area contributed by atoms with Gasteiger partial charge in [0, 0.05) is 38.8 Å². The number of rotatable bonds is 6. The molecule has 2 aliphatic heterocycles. The molecule has 2 fully saturated rings. The quantitative estimate of drug-likeness (QED) is 0.759. The molecule has 0 saturated carbocycles. The zero-order chi connectivity index (χ0) is 13.0. The van der Waals surface area contributed by atoms with Crippen molar-refractivity contribution in [3.63, 3.8) is 0 Å². The van der Waals surface area contributed by atoms with Gasteiger partial charge < -0.3 is 15.0 Å². The highest BCUT2D eigenvalue weighted by molar-refractivity contribution is 4.89. The van der Waals surface area contributed by atoms with Crippen molar-refractivity contribution in [2.45, 2.75) is 44.9 Å². The van der Waals surface area contributed by atoms with Crippen molar-refractivity contribution >= 4 is 0 Å². The lowest BCUT2D eigenvalue weighted by Crippen LogP contribution is -2.40. The van der Waals surface area contributed by atoms with Crippen LogP contribution in [0.25, 0.3) is 0 Å². The molecule has 0 aliphatic carbocycles. The molecule has 2 heterocycles. The standard InChI is InChI=1S/C14H29N3O/c1-4-17(5-2)13-6-7-16(11-13)10-12-8-14(18-3)9-15-12/h12-15H,4-11H2,1-3H3. The van der Waals surface area contributed by atoms with Crippen LogP contribution in [-0.4, -0.2) is 74.4 Å². The van der Waals surface area contributed by atoms with Crippen LogP contribution in [0.5, 0.6) is 0 Å². The summed E-state index contributed by atoms with van der Waals surface area (Å²) in [6, 6.07) is 1.41. The lowest BCUT2D eigenvalue weighted by atomic mass is 10.2. The van der Waals surface area contributed by atoms with Gasteiger partial charge in [-0.15, -0.1) is 0 Å². The van der Waals surface area contributed by atoms with E-state index < -0.39 is 0 Å². The minimum Gasteiger partial charge on any atom is -0.380 e. The van der Waals surface area contributed by atoms with Gasteiger partial charge in [-0.1, -0.05) is 13.8 Å². The van der Waals surface area contributed by atoms with Crippen LogP contribution in [0.2, 0.25) is 0 Å². The van der Waals surface area contributed by atoms with E-state index in [0.29, 0.717) is 12.1 Å². The molecule has 4 nitrogen and oxygen atoms in total. The Balaban J connectivity index is 1.73. The normalized spacial score (nSPS) is 33.7. The van der Waals surface area contributed by atoms with Gasteiger partial charge in [-0.2, -0.15) is 0 Å². The Morgan fingerprint density at radius 2 is 2.11 bits per heavy atom. The van der Waals surface area contributed by atoms with E-state index >= 15 is 0 Å². The van der Waals surface area contributed by atoms with Crippen LogP contribution in [0.15, 0.2) is 0 Å². The van der Waals surface area contributed by atoms with Crippen LogP contribution in [-0.2, 0) is 4.74 Å². The summed E-state index contributed by atoms with van der Waals surface area (Å²) in [6.07, 6.45) is 2.93. The van der Waals surface area contributed by atoms with Gasteiger partial charge in [0.25, 0.3) is 0 Å². The van der Waals surface area contributed by atoms with E-state index in [1.807, 2.05) is 7.11 Å². The van der Waals surface area contributed by atoms with E-state index in [1.165, 1.54) is 45.6 Å². The zero-order valence-electron chi connectivity index (χ0n) is 12.2. The Morgan fingerprint density at radius 1 is 1.33 bits per heavy atom. The SMILES string of the molecule is CCN(CC)C1CCN(CC2CC(OC)CN2)C1. The molecule has 2 rings (SSSR count). The van der Waals surface area contributed by atoms with Gasteiger partial charge in [-0.25, -0.2) is 0 Å². The fourth-order valence-corrected chi connectivity index (χ4v) is 3.43. The summed E-state index contributed by atoms with van der Waals surface area (Å²) in [5.74, 6) is 0. The smallest absolute Gasteiger partial charge is 0.0711 e. The molecule has 0 aromatic carbocycles. The molecular weight excluding hydrogens is 226 g/mol. The van der Waals surface area contributed by atoms with Crippen LogP contribution in [0.4, 0.5) is 0 Å². The highest BCUT2D eigenvalue weighted by atomic mass is 16.5. The number of hydrogen-bond acceptors (Lipinski definition) is 4. The van der Waals surface area contributed by atoms with Crippen LogP contribution in [0.1, 0.15) is 26.7 Å². The summed E-state index contributed by atoms with van der Waals surface area (Å²) >= 11 is 0. The second-order valence-corrected chi connectivity index (χ2v) is 5.62. The summed E-state index contributed by atoms with van der Waals surface area (Å²) in [5, 5.41) is 3.58. The number of likely N-dealkylation sites (N-methyl/N-ethyl adjacent to an activating group) is 1. The van der Waals surface area contributed by atoms with Gasteiger partial charge >= 0.3 is 0 Å². The number of methoxy groups -OCH3 is 1. The van der Waals surface area contributed by atoms with Gasteiger partial charge in [0.15, 0.2) is 0 Å². The summed E-state index contributed by atoms with van der Waals surface area (Å²) in [5.41, 5.74) is 0. The van der Waals surface area contributed by atoms with Crippen molar-refractivity contribution in [1.82, 2.24) is 15.1 Å². The molecule has 4 heteroatoms. The van der Waals surface area contributed by atoms with Crippen LogP contribution in [0, 0.1) is 0 Å². The molecule has 2 aliphatic rings. The Labute approximate surface area is 112 Å². The first kappa shape index (κ1) is 14.3. The number of hydrogen-bond donors (Lipinski definition) is 1. The van der Waals surface area contributed by atoms with Crippen molar-refractivity contribution < 1.29 is 4.74 Å². The lowest BCUT2D eigenvalue weighted by Gasteiger charge is -2.27. The molecule has 1 N–H and O–H groups in total. The molecule has 0 bridgehead atoms. The summed E-state index contributed by atoms with van der Waals surface area (Å²) < 4.78 is 5.41. The third-order valence-corrected chi connectivity index (χ3v) is 4.57. The maximum Gasteiger partial charge on any atom is 0.0711 e. The summed E-state index contributed by atoms with van der Waals surface area (Å²) in [4.78, 5) is 5.22. The van der Waals surface area contributed by atoms with Gasteiger partial charge in [0.1, 0.15) is 0 Å². The molecule has 0 spiro atoms. The highest BCUT2D eigenvalue weighted by Gasteiger charge is 2.30. The second kappa shape index (κ2) is 6.85. The van der Waals surface area contributed by atoms with Crippen molar-refractivity contribution in [2.75, 3.05) is 46.4 Å². The molecule has 0 aromatic rings. The van der Waals surface area contributed by atoms with E-state index in [0.717, 1.165) is 12.6 Å². The predicted octanol–water partition coefficient (Wildman–Crippen LogP) is 0.779. The minimum absolute atomic E-state index is 0.427. The van der Waals surface area contributed by atoms with Crippen LogP contribution < -0.4 is 5.32 Å². The maximum atomic E-state index is 5.41. The second-order valence-electron chi connectivity index (χ2n) is 5.62. The molecule has 2 saturated heterocycles. The van der Waals surface area contributed by atoms with Gasteiger partial charge in [-0.05, 0) is 32.5 Å². The molecule has 18 heavy (non-hydrogen) atoms. The van der Waals surface area contributed by atoms with E-state index in [9.17, 15) is 0 Å². The van der Waals surface area contributed by atoms with E-state index in [2.05, 4.69) is 29.0 Å². The first-order valence-electron chi connectivity index (χ1n) is 7.49. The molecule has 106 valence electrons. The van der Waals surface area contributed by atoms with Gasteiger partial charge in [0.05, 0.1) is 6.10 Å². The number of nitrogens with one attached hydrogen (secondary N) is 1. The van der Waals surface area contributed by atoms with E-state index in [-0.39, 0.29) is 0 Å². The molecule has 0 aromatic heterocycles. The third kappa shape index (κ3) is 3.44. The Bertz CT molecular complexity index is 245. The van der Waals surface area contributed by atoms with E-state index in [4.69, 9.17) is 4.74 Å². The highest BCUT2D eigenvalue weighted by Crippen LogP contribution is 2.18. The zero-order valence-corrected chi connectivity index (χ0v) is 12.2. The van der Waals surface area contributed by atoms with Crippen LogP contribution >= 0.6 is 0 Å². The summed E-state index contributed by atoms with van der Waals surface area (Å²) in [6.45, 7) is 11.6. The van der Waals surface area contributed by atoms with Crippen molar-refractivity contribution in [3.05, 3.63) is 0 Å². The molecule has 0 radical (unpaired) electrons. The molecule has 0 amide bonds. The first-order valence-corrected chi connectivity index (χ1v) is 7.49. The maximum absolute atomic E-state index is 5.41. The average Bonchev–Trinajstić information content (AvgIpc) is 3.01. The Hall–Kier alpha value is -0.160. The van der Waals surface area contributed by atoms with Gasteiger partial charge in [0.2, 0.25) is 0 Å². The van der Waals surface area contributed by atoms with Crippen molar-refractivity contribution in [1.29, 1.82) is 0 Å². The first-order chi connectivity index (χ1) is 8.76. The lowest BCUT2D eigenvalue weighted by molar-refractivity contribution is 0.116. The topological polar surface area (TPSA) is 27.7 Å². The number of likely N-dealkylation sites (tertiary alicyclic amines) is 1. The van der Waals surface area contributed by atoms with Crippen molar-refractivity contribution in [2.24, 2.45) is 0 Å². The molecule has 3 atom stereocenters. The largest absolute Gasteiger partial charge is 0.380 e. The van der Waals surface area contributed by atoms with Gasteiger partial charge in [-0.3, -0.25) is 4.90 Å². The molecule has 3 unspecified atom stereocenters. The monoisotopic (exact) mass is 255 g/mol. The average molecular weight is 255 g/mol. The third-order valence-electron chi connectivity index (χ3n) is 4.57. The number of ether oxygens (including phenoxy) is 1. The fourth-order valence-electron chi connectivity index (χ4n) is 3.43. The predicted molar refractivity (Wildman–Crippen MR) is 75.0 cm³/mol. The van der Waals surface area contributed by atoms with Crippen molar-refractivity contribution in [3.8, 4) is 0 Å². The summed E-state index contributed by atoms with van der Waals surface area (Å²) in [7, 11) is 1.82.